The number of carbonyl (C=O) groups is 1. The van der Waals surface area contributed by atoms with Crippen molar-refractivity contribution in [3.63, 3.8) is 0 Å². The minimum Gasteiger partial charge on any atom is -0.371 e. The first-order valence-electron chi connectivity index (χ1n) is 8.22. The second-order valence-corrected chi connectivity index (χ2v) is 6.43. The zero-order valence-corrected chi connectivity index (χ0v) is 15.9. The third-order valence-corrected chi connectivity index (χ3v) is 3.90. The van der Waals surface area contributed by atoms with Gasteiger partial charge in [-0.05, 0) is 37.3 Å². The van der Waals surface area contributed by atoms with E-state index in [2.05, 4.69) is 28.2 Å². The quantitative estimate of drug-likeness (QED) is 0.345. The maximum absolute atomic E-state index is 14.5. The molecule has 0 saturated carbocycles. The molecule has 0 unspecified atom stereocenters. The van der Waals surface area contributed by atoms with Crippen LogP contribution < -0.4 is 16.4 Å². The number of pyridine rings is 1. The molecule has 5 N–H and O–H groups in total. The molecule has 0 bridgehead atoms. The van der Waals surface area contributed by atoms with Crippen LogP contribution in [0, 0.1) is 22.6 Å². The Balaban J connectivity index is 2.32. The first-order chi connectivity index (χ1) is 13.3. The van der Waals surface area contributed by atoms with E-state index < -0.39 is 17.8 Å². The van der Waals surface area contributed by atoms with E-state index in [0.29, 0.717) is 10.7 Å². The van der Waals surface area contributed by atoms with Gasteiger partial charge in [-0.1, -0.05) is 6.07 Å². The van der Waals surface area contributed by atoms with E-state index in [4.69, 9.17) is 11.1 Å². The molecule has 9 heteroatoms. The van der Waals surface area contributed by atoms with Crippen LogP contribution >= 0.6 is 12.6 Å². The van der Waals surface area contributed by atoms with E-state index in [1.807, 2.05) is 6.07 Å². The number of nitrogens with zero attached hydrogens (tertiary/aromatic N) is 2. The molecule has 1 aromatic heterocycles. The number of amides is 1. The predicted molar refractivity (Wildman–Crippen MR) is 110 cm³/mol. The van der Waals surface area contributed by atoms with Crippen LogP contribution in [0.25, 0.3) is 0 Å². The number of allylic oxidation sites excluding steroid dienone is 1. The lowest BCUT2D eigenvalue weighted by Crippen LogP contribution is -2.37. The summed E-state index contributed by atoms with van der Waals surface area (Å²) < 4.78 is 14.5. The van der Waals surface area contributed by atoms with Crippen molar-refractivity contribution in [1.82, 2.24) is 4.98 Å². The zero-order valence-electron chi connectivity index (χ0n) is 15.0. The molecule has 2 rings (SSSR count). The van der Waals surface area contributed by atoms with Crippen LogP contribution in [0.5, 0.6) is 0 Å². The number of benzene rings is 1. The molecule has 0 saturated heterocycles. The Bertz CT molecular complexity index is 955. The van der Waals surface area contributed by atoms with Gasteiger partial charge in [0.05, 0.1) is 22.0 Å². The van der Waals surface area contributed by atoms with Gasteiger partial charge in [0, 0.05) is 24.0 Å². The van der Waals surface area contributed by atoms with E-state index >= 15 is 0 Å². The molecule has 0 aliphatic rings. The number of hydrogen-bond acceptors (Lipinski definition) is 7. The molecule has 0 aliphatic heterocycles. The highest BCUT2D eigenvalue weighted by Crippen LogP contribution is 2.27. The smallest absolute Gasteiger partial charge is 0.240 e. The molecular formula is C19H19FN6OS. The maximum Gasteiger partial charge on any atom is 0.240 e. The highest BCUT2D eigenvalue weighted by Gasteiger charge is 2.19. The molecule has 0 radical (unpaired) electrons. The van der Waals surface area contributed by atoms with Crippen molar-refractivity contribution in [2.45, 2.75) is 19.4 Å². The Kier molecular flexibility index (Phi) is 7.12. The molecule has 7 nitrogen and oxygen atoms in total. The summed E-state index contributed by atoms with van der Waals surface area (Å²) in [5.41, 5.74) is 6.63. The topological polar surface area (TPSA) is 128 Å². The summed E-state index contributed by atoms with van der Waals surface area (Å²) in [4.78, 5) is 16.0. The summed E-state index contributed by atoms with van der Waals surface area (Å²) in [6.45, 7) is 1.57. The molecule has 28 heavy (non-hydrogen) atoms. The van der Waals surface area contributed by atoms with Crippen LogP contribution in [-0.2, 0) is 11.2 Å². The van der Waals surface area contributed by atoms with E-state index in [1.54, 1.807) is 31.3 Å². The summed E-state index contributed by atoms with van der Waals surface area (Å²) in [6, 6.07) is 8.64. The minimum absolute atomic E-state index is 0.00561. The molecule has 2 aromatic rings. The molecule has 144 valence electrons. The summed E-state index contributed by atoms with van der Waals surface area (Å²) >= 11 is 4.20. The number of thiol groups is 1. The van der Waals surface area contributed by atoms with Gasteiger partial charge in [-0.15, -0.1) is 12.6 Å². The number of nitrogens with two attached hydrogens (primary N) is 1. The molecule has 1 amide bonds. The molecule has 0 aliphatic carbocycles. The Hall–Kier alpha value is -3.38. The second kappa shape index (κ2) is 9.53. The number of rotatable bonds is 8. The number of anilines is 2. The van der Waals surface area contributed by atoms with E-state index in [0.717, 1.165) is 6.07 Å². The molecule has 0 spiro atoms. The van der Waals surface area contributed by atoms with Crippen molar-refractivity contribution in [2.75, 3.05) is 10.6 Å². The first-order valence-corrected chi connectivity index (χ1v) is 8.67. The number of aromatic nitrogens is 1. The largest absolute Gasteiger partial charge is 0.371 e. The Morgan fingerprint density at radius 1 is 1.46 bits per heavy atom. The van der Waals surface area contributed by atoms with Crippen molar-refractivity contribution < 1.29 is 9.18 Å². The summed E-state index contributed by atoms with van der Waals surface area (Å²) in [6.07, 6.45) is 3.20. The molecule has 1 aromatic carbocycles. The van der Waals surface area contributed by atoms with Crippen LogP contribution in [0.3, 0.4) is 0 Å². The Labute approximate surface area is 167 Å². The first kappa shape index (κ1) is 20.9. The van der Waals surface area contributed by atoms with Gasteiger partial charge < -0.3 is 21.8 Å². The van der Waals surface area contributed by atoms with Crippen LogP contribution in [0.1, 0.15) is 18.2 Å². The van der Waals surface area contributed by atoms with Crippen molar-refractivity contribution in [3.8, 4) is 6.07 Å². The third kappa shape index (κ3) is 5.82. The van der Waals surface area contributed by atoms with Crippen LogP contribution in [-0.4, -0.2) is 22.6 Å². The number of nitriles is 1. The molecule has 1 atom stereocenters. The number of hydrogen-bond donors (Lipinski definition) is 5. The summed E-state index contributed by atoms with van der Waals surface area (Å²) in [5.74, 6) is -1.37. The lowest BCUT2D eigenvalue weighted by Gasteiger charge is -2.18. The van der Waals surface area contributed by atoms with Crippen LogP contribution in [0.15, 0.2) is 47.6 Å². The maximum atomic E-state index is 14.5. The fraction of sp³-hybridized carbons (Fsp3) is 0.158. The van der Waals surface area contributed by atoms with Gasteiger partial charge in [0.1, 0.15) is 17.9 Å². The lowest BCUT2D eigenvalue weighted by molar-refractivity contribution is -0.118. The zero-order chi connectivity index (χ0) is 20.7. The fourth-order valence-corrected chi connectivity index (χ4v) is 2.71. The number of nitrogens with one attached hydrogen (secondary N) is 3. The minimum atomic E-state index is -0.903. The monoisotopic (exact) mass is 398 g/mol. The van der Waals surface area contributed by atoms with Gasteiger partial charge in [-0.3, -0.25) is 9.78 Å². The molecular weight excluding hydrogens is 379 g/mol. The van der Waals surface area contributed by atoms with E-state index in [1.165, 1.54) is 12.1 Å². The third-order valence-electron chi connectivity index (χ3n) is 3.66. The number of halogens is 1. The van der Waals surface area contributed by atoms with Crippen molar-refractivity contribution >= 4 is 35.6 Å². The summed E-state index contributed by atoms with van der Waals surface area (Å²) in [5, 5.41) is 22.6. The fourth-order valence-electron chi connectivity index (χ4n) is 2.40. The standard InChI is InChI=1S/C19H19FN6OS/c1-11(22)6-18(28)26-15-9-16(14(20)7-12(15)10-21)25-17(19(23)27)8-13-4-2-3-5-24-13/h2-7,9,17,22,25-26,28H,8H2,1H3,(H2,23,27)/b18-6-,22-11?/t17-/m1/s1. The highest BCUT2D eigenvalue weighted by molar-refractivity contribution is 7.84. The van der Waals surface area contributed by atoms with Crippen LogP contribution in [0.2, 0.25) is 0 Å². The average Bonchev–Trinajstić information content (AvgIpc) is 2.63. The van der Waals surface area contributed by atoms with Gasteiger partial charge in [-0.25, -0.2) is 4.39 Å². The van der Waals surface area contributed by atoms with Gasteiger partial charge in [0.2, 0.25) is 5.91 Å². The lowest BCUT2D eigenvalue weighted by atomic mass is 10.1. The summed E-state index contributed by atoms with van der Waals surface area (Å²) in [7, 11) is 0. The normalized spacial score (nSPS) is 12.0. The van der Waals surface area contributed by atoms with Crippen molar-refractivity contribution in [1.29, 1.82) is 10.7 Å². The van der Waals surface area contributed by atoms with E-state index in [9.17, 15) is 14.4 Å². The van der Waals surface area contributed by atoms with Gasteiger partial charge >= 0.3 is 0 Å². The van der Waals surface area contributed by atoms with Crippen molar-refractivity contribution in [3.05, 3.63) is 64.7 Å². The van der Waals surface area contributed by atoms with Gasteiger partial charge in [0.25, 0.3) is 0 Å². The second-order valence-electron chi connectivity index (χ2n) is 5.95. The van der Waals surface area contributed by atoms with E-state index in [-0.39, 0.29) is 29.1 Å². The average molecular weight is 398 g/mol. The van der Waals surface area contributed by atoms with Crippen LogP contribution in [0.4, 0.5) is 15.8 Å². The molecule has 1 heterocycles. The van der Waals surface area contributed by atoms with Gasteiger partial charge in [0.15, 0.2) is 0 Å². The number of carbonyl (C=O) groups excluding carboxylic acids is 1. The molecule has 0 fully saturated rings. The Morgan fingerprint density at radius 3 is 2.79 bits per heavy atom. The van der Waals surface area contributed by atoms with Gasteiger partial charge in [-0.2, -0.15) is 5.26 Å². The highest BCUT2D eigenvalue weighted by atomic mass is 32.1. The number of primary amides is 1. The predicted octanol–water partition coefficient (Wildman–Crippen LogP) is 2.82. The Morgan fingerprint density at radius 2 is 2.21 bits per heavy atom. The SMILES string of the molecule is CC(=N)/C=C(\S)Nc1cc(N[C@H](Cc2ccccn2)C(N)=O)c(F)cc1C#N. The van der Waals surface area contributed by atoms with Crippen molar-refractivity contribution in [2.24, 2.45) is 5.73 Å².